The highest BCUT2D eigenvalue weighted by atomic mass is 16.6. The summed E-state index contributed by atoms with van der Waals surface area (Å²) in [5.41, 5.74) is -0.914. The van der Waals surface area contributed by atoms with Crippen LogP contribution in [0.5, 0.6) is 0 Å². The number of hydrogen-bond acceptors (Lipinski definition) is 6. The van der Waals surface area contributed by atoms with E-state index in [-0.39, 0.29) is 12.2 Å². The Morgan fingerprint density at radius 2 is 1.32 bits per heavy atom. The largest absolute Gasteiger partial charge is 0.458 e. The average Bonchev–Trinajstić information content (AvgIpc) is 2.86. The average molecular weight is 516 g/mol. The van der Waals surface area contributed by atoms with Gasteiger partial charge in [0.1, 0.15) is 5.60 Å². The number of carbonyl (C=O) groups is 4. The van der Waals surface area contributed by atoms with Gasteiger partial charge < -0.3 is 14.8 Å². The quantitative estimate of drug-likeness (QED) is 0.245. The van der Waals surface area contributed by atoms with Gasteiger partial charge in [0.25, 0.3) is 0 Å². The zero-order valence-electron chi connectivity index (χ0n) is 22.3. The Bertz CT molecular complexity index is 1260. The van der Waals surface area contributed by atoms with Crippen LogP contribution in [0.2, 0.25) is 0 Å². The van der Waals surface area contributed by atoms with Gasteiger partial charge in [-0.2, -0.15) is 0 Å². The molecule has 198 valence electrons. The van der Waals surface area contributed by atoms with Crippen LogP contribution in [0.1, 0.15) is 67.8 Å². The minimum atomic E-state index is -2.21. The van der Waals surface area contributed by atoms with Crippen LogP contribution in [-0.4, -0.2) is 34.8 Å². The van der Waals surface area contributed by atoms with E-state index in [0.717, 1.165) is 0 Å². The molecule has 0 bridgehead atoms. The van der Waals surface area contributed by atoms with E-state index < -0.39 is 35.1 Å². The van der Waals surface area contributed by atoms with Crippen molar-refractivity contribution in [3.05, 3.63) is 107 Å². The molecule has 1 unspecified atom stereocenters. The second-order valence-electron chi connectivity index (χ2n) is 10.1. The van der Waals surface area contributed by atoms with Crippen LogP contribution < -0.4 is 5.32 Å². The SMILES string of the molecule is CC(=O)NC(Cc1cccc(C(C)=O)c1)(C(=O)OC(c1ccccc1)c1ccccc1)C(=O)OC(C)(C)C. The first kappa shape index (κ1) is 28.3. The summed E-state index contributed by atoms with van der Waals surface area (Å²) in [6, 6.07) is 24.8. The minimum Gasteiger partial charge on any atom is -0.458 e. The standard InChI is InChI=1S/C31H33NO6/c1-21(33)26-18-12-13-23(19-26)20-31(32-22(2)34,29(36)38-30(3,4)5)28(35)37-27(24-14-8-6-9-15-24)25-16-10-7-11-17-25/h6-19,27H,20H2,1-5H3,(H,32,34). The number of esters is 2. The highest BCUT2D eigenvalue weighted by molar-refractivity contribution is 6.08. The number of Topliss-reactive ketones (excluding diaryl/α,β-unsaturated/α-hetero) is 1. The van der Waals surface area contributed by atoms with Crippen LogP contribution in [0.4, 0.5) is 0 Å². The molecule has 0 aliphatic carbocycles. The zero-order valence-corrected chi connectivity index (χ0v) is 22.3. The highest BCUT2D eigenvalue weighted by Gasteiger charge is 2.52. The molecule has 7 nitrogen and oxygen atoms in total. The maximum absolute atomic E-state index is 14.1. The van der Waals surface area contributed by atoms with Crippen LogP contribution in [0.3, 0.4) is 0 Å². The number of amides is 1. The molecule has 38 heavy (non-hydrogen) atoms. The lowest BCUT2D eigenvalue weighted by atomic mass is 9.88. The van der Waals surface area contributed by atoms with Gasteiger partial charge in [-0.25, -0.2) is 9.59 Å². The van der Waals surface area contributed by atoms with Gasteiger partial charge >= 0.3 is 11.9 Å². The number of hydrogen-bond donors (Lipinski definition) is 1. The zero-order chi connectivity index (χ0) is 27.9. The van der Waals surface area contributed by atoms with Crippen LogP contribution in [0, 0.1) is 0 Å². The number of carbonyl (C=O) groups excluding carboxylic acids is 4. The number of nitrogens with one attached hydrogen (secondary N) is 1. The molecule has 0 saturated heterocycles. The fraction of sp³-hybridized carbons (Fsp3) is 0.290. The van der Waals surface area contributed by atoms with Crippen molar-refractivity contribution in [3.8, 4) is 0 Å². The fourth-order valence-corrected chi connectivity index (χ4v) is 4.04. The molecule has 0 aliphatic heterocycles. The van der Waals surface area contributed by atoms with Gasteiger partial charge in [0.05, 0.1) is 0 Å². The van der Waals surface area contributed by atoms with Crippen LogP contribution in [0.15, 0.2) is 84.9 Å². The molecule has 1 atom stereocenters. The Morgan fingerprint density at radius 3 is 1.79 bits per heavy atom. The third-order valence-electron chi connectivity index (χ3n) is 5.72. The monoisotopic (exact) mass is 515 g/mol. The van der Waals surface area contributed by atoms with Gasteiger partial charge in [-0.05, 0) is 50.5 Å². The molecule has 0 aliphatic rings. The predicted molar refractivity (Wildman–Crippen MR) is 143 cm³/mol. The van der Waals surface area contributed by atoms with Crippen molar-refractivity contribution < 1.29 is 28.7 Å². The van der Waals surface area contributed by atoms with Crippen LogP contribution >= 0.6 is 0 Å². The molecular formula is C31H33NO6. The summed E-state index contributed by atoms with van der Waals surface area (Å²) >= 11 is 0. The Kier molecular flexibility index (Phi) is 8.84. The number of rotatable bonds is 9. The summed E-state index contributed by atoms with van der Waals surface area (Å²) in [6.07, 6.45) is -1.14. The smallest absolute Gasteiger partial charge is 0.345 e. The molecule has 3 aromatic rings. The maximum Gasteiger partial charge on any atom is 0.345 e. The lowest BCUT2D eigenvalue weighted by Crippen LogP contribution is -2.63. The fourth-order valence-electron chi connectivity index (χ4n) is 4.04. The number of ether oxygens (including phenoxy) is 2. The number of benzene rings is 3. The van der Waals surface area contributed by atoms with Crippen molar-refractivity contribution in [2.45, 2.75) is 58.3 Å². The van der Waals surface area contributed by atoms with E-state index in [1.54, 1.807) is 45.0 Å². The molecule has 0 spiro atoms. The van der Waals surface area contributed by atoms with E-state index in [0.29, 0.717) is 22.3 Å². The Balaban J connectivity index is 2.14. The van der Waals surface area contributed by atoms with E-state index in [1.165, 1.54) is 13.8 Å². The Hall–Kier alpha value is -4.26. The van der Waals surface area contributed by atoms with Crippen LogP contribution in [0.25, 0.3) is 0 Å². The molecule has 3 aromatic carbocycles. The Labute approximate surface area is 223 Å². The van der Waals surface area contributed by atoms with Crippen LogP contribution in [-0.2, 0) is 30.3 Å². The van der Waals surface area contributed by atoms with Crippen molar-refractivity contribution in [1.29, 1.82) is 0 Å². The topological polar surface area (TPSA) is 98.8 Å². The first-order valence-electron chi connectivity index (χ1n) is 12.3. The minimum absolute atomic E-state index is 0.176. The first-order valence-corrected chi connectivity index (χ1v) is 12.3. The second kappa shape index (κ2) is 11.9. The summed E-state index contributed by atoms with van der Waals surface area (Å²) in [4.78, 5) is 52.3. The van der Waals surface area contributed by atoms with Gasteiger partial charge in [-0.3, -0.25) is 9.59 Å². The Morgan fingerprint density at radius 1 is 0.763 bits per heavy atom. The molecule has 0 fully saturated rings. The lowest BCUT2D eigenvalue weighted by Gasteiger charge is -2.34. The normalized spacial score (nSPS) is 12.8. The van der Waals surface area contributed by atoms with Crippen molar-refractivity contribution in [3.63, 3.8) is 0 Å². The summed E-state index contributed by atoms with van der Waals surface area (Å²) in [5.74, 6) is -2.73. The van der Waals surface area contributed by atoms with Crippen molar-refractivity contribution in [2.24, 2.45) is 0 Å². The molecule has 0 radical (unpaired) electrons. The van der Waals surface area contributed by atoms with Crippen molar-refractivity contribution in [1.82, 2.24) is 5.32 Å². The molecule has 1 N–H and O–H groups in total. The third-order valence-corrected chi connectivity index (χ3v) is 5.72. The van der Waals surface area contributed by atoms with Gasteiger partial charge in [0, 0.05) is 18.9 Å². The summed E-state index contributed by atoms with van der Waals surface area (Å²) in [7, 11) is 0. The van der Waals surface area contributed by atoms with Gasteiger partial charge in [-0.1, -0.05) is 78.9 Å². The number of ketones is 1. The van der Waals surface area contributed by atoms with Crippen molar-refractivity contribution >= 4 is 23.6 Å². The van der Waals surface area contributed by atoms with E-state index in [1.807, 2.05) is 60.7 Å². The third kappa shape index (κ3) is 7.16. The van der Waals surface area contributed by atoms with E-state index in [2.05, 4.69) is 5.32 Å². The highest BCUT2D eigenvalue weighted by Crippen LogP contribution is 2.30. The molecule has 1 amide bonds. The molecule has 0 saturated carbocycles. The van der Waals surface area contributed by atoms with E-state index in [9.17, 15) is 19.2 Å². The summed E-state index contributed by atoms with van der Waals surface area (Å²) in [6.45, 7) is 7.64. The second-order valence-corrected chi connectivity index (χ2v) is 10.1. The molecular weight excluding hydrogens is 482 g/mol. The molecule has 3 rings (SSSR count). The summed E-state index contributed by atoms with van der Waals surface area (Å²) < 4.78 is 11.7. The van der Waals surface area contributed by atoms with Gasteiger partial charge in [0.2, 0.25) is 11.4 Å². The van der Waals surface area contributed by atoms with Gasteiger partial charge in [-0.15, -0.1) is 0 Å². The van der Waals surface area contributed by atoms with E-state index in [4.69, 9.17) is 9.47 Å². The molecule has 0 aromatic heterocycles. The molecule has 7 heteroatoms. The van der Waals surface area contributed by atoms with Gasteiger partial charge in [0.15, 0.2) is 11.9 Å². The predicted octanol–water partition coefficient (Wildman–Crippen LogP) is 4.98. The first-order chi connectivity index (χ1) is 17.9. The maximum atomic E-state index is 14.1. The van der Waals surface area contributed by atoms with E-state index >= 15 is 0 Å². The summed E-state index contributed by atoms with van der Waals surface area (Å²) in [5, 5.41) is 2.55. The molecule has 0 heterocycles. The lowest BCUT2D eigenvalue weighted by molar-refractivity contribution is -0.177. The van der Waals surface area contributed by atoms with Crippen molar-refractivity contribution in [2.75, 3.05) is 0 Å².